The van der Waals surface area contributed by atoms with Crippen molar-refractivity contribution in [3.63, 3.8) is 0 Å². The first-order valence-corrected chi connectivity index (χ1v) is 11.5. The molecule has 1 aromatic rings. The summed E-state index contributed by atoms with van der Waals surface area (Å²) in [7, 11) is -1.52. The molecule has 0 aromatic heterocycles. The van der Waals surface area contributed by atoms with Crippen LogP contribution in [-0.2, 0) is 19.5 Å². The van der Waals surface area contributed by atoms with Gasteiger partial charge in [0.25, 0.3) is 0 Å². The third-order valence-corrected chi connectivity index (χ3v) is 7.25. The number of hydrogen-bond acceptors (Lipinski definition) is 6. The van der Waals surface area contributed by atoms with Crippen molar-refractivity contribution in [1.82, 2.24) is 14.5 Å². The molecular weight excluding hydrogens is 378 g/mol. The molecule has 0 saturated carbocycles. The zero-order valence-electron chi connectivity index (χ0n) is 17.0. The standard InChI is InChI=1S/C20H33N3O4S/c1-18-3-5-19(6-4-18)28(24,25)21-20(7-9-22(2)10-8-20)17-27-16-13-23-11-14-26-15-12-23/h3-6,21H,7-17H2,1-2H3. The van der Waals surface area contributed by atoms with Crippen LogP contribution in [0, 0.1) is 6.92 Å². The summed E-state index contributed by atoms with van der Waals surface area (Å²) >= 11 is 0. The fraction of sp³-hybridized carbons (Fsp3) is 0.700. The molecular formula is C20H33N3O4S. The maximum atomic E-state index is 13.0. The van der Waals surface area contributed by atoms with Crippen molar-refractivity contribution in [1.29, 1.82) is 0 Å². The van der Waals surface area contributed by atoms with Crippen molar-refractivity contribution >= 4 is 10.0 Å². The summed E-state index contributed by atoms with van der Waals surface area (Å²) in [6.07, 6.45) is 1.48. The van der Waals surface area contributed by atoms with Gasteiger partial charge >= 0.3 is 0 Å². The smallest absolute Gasteiger partial charge is 0.241 e. The molecule has 0 unspecified atom stereocenters. The van der Waals surface area contributed by atoms with Crippen LogP contribution in [0.2, 0.25) is 0 Å². The van der Waals surface area contributed by atoms with Crippen molar-refractivity contribution in [2.45, 2.75) is 30.2 Å². The molecule has 0 spiro atoms. The fourth-order valence-electron chi connectivity index (χ4n) is 3.67. The van der Waals surface area contributed by atoms with Crippen molar-refractivity contribution in [2.24, 2.45) is 0 Å². The van der Waals surface area contributed by atoms with Gasteiger partial charge in [0.05, 0.1) is 36.9 Å². The van der Waals surface area contributed by atoms with E-state index < -0.39 is 15.6 Å². The second-order valence-corrected chi connectivity index (χ2v) is 9.69. The van der Waals surface area contributed by atoms with E-state index in [0.717, 1.165) is 64.3 Å². The number of benzene rings is 1. The van der Waals surface area contributed by atoms with Gasteiger partial charge in [0, 0.05) is 19.6 Å². The van der Waals surface area contributed by atoms with Crippen LogP contribution < -0.4 is 4.72 Å². The quantitative estimate of drug-likeness (QED) is 0.646. The van der Waals surface area contributed by atoms with Crippen LogP contribution in [0.3, 0.4) is 0 Å². The van der Waals surface area contributed by atoms with Crippen molar-refractivity contribution in [2.75, 3.05) is 66.2 Å². The summed E-state index contributed by atoms with van der Waals surface area (Å²) in [4.78, 5) is 4.86. The molecule has 7 nitrogen and oxygen atoms in total. The Balaban J connectivity index is 1.61. The number of nitrogens with one attached hydrogen (secondary N) is 1. The molecule has 2 aliphatic heterocycles. The molecule has 0 atom stereocenters. The third-order valence-electron chi connectivity index (χ3n) is 5.66. The van der Waals surface area contributed by atoms with E-state index >= 15 is 0 Å². The predicted molar refractivity (Wildman–Crippen MR) is 109 cm³/mol. The average Bonchev–Trinajstić information content (AvgIpc) is 2.69. The van der Waals surface area contributed by atoms with Gasteiger partial charge in [-0.2, -0.15) is 0 Å². The summed E-state index contributed by atoms with van der Waals surface area (Å²) in [5.41, 5.74) is 0.487. The number of ether oxygens (including phenoxy) is 2. The van der Waals surface area contributed by atoms with E-state index in [1.54, 1.807) is 12.1 Å². The van der Waals surface area contributed by atoms with Gasteiger partial charge in [-0.1, -0.05) is 17.7 Å². The predicted octanol–water partition coefficient (Wildman–Crippen LogP) is 1.09. The van der Waals surface area contributed by atoms with Crippen LogP contribution >= 0.6 is 0 Å². The highest BCUT2D eigenvalue weighted by atomic mass is 32.2. The first-order valence-electron chi connectivity index (χ1n) is 10.1. The van der Waals surface area contributed by atoms with Crippen LogP contribution in [-0.4, -0.2) is 90.0 Å². The van der Waals surface area contributed by atoms with E-state index in [9.17, 15) is 8.42 Å². The van der Waals surface area contributed by atoms with Crippen LogP contribution in [0.4, 0.5) is 0 Å². The fourth-order valence-corrected chi connectivity index (χ4v) is 5.12. The van der Waals surface area contributed by atoms with Gasteiger partial charge in [0.15, 0.2) is 0 Å². The Kier molecular flexibility index (Phi) is 7.47. The summed E-state index contributed by atoms with van der Waals surface area (Å²) in [6, 6.07) is 6.99. The number of nitrogens with zero attached hydrogens (tertiary/aromatic N) is 2. The molecule has 8 heteroatoms. The van der Waals surface area contributed by atoms with Crippen molar-refractivity contribution < 1.29 is 17.9 Å². The van der Waals surface area contributed by atoms with Gasteiger partial charge in [-0.05, 0) is 52.0 Å². The lowest BCUT2D eigenvalue weighted by Gasteiger charge is -2.40. The SMILES string of the molecule is Cc1ccc(S(=O)(=O)NC2(COCCN3CCOCC3)CCN(C)CC2)cc1. The second kappa shape index (κ2) is 9.65. The number of sulfonamides is 1. The number of aryl methyl sites for hydroxylation is 1. The third kappa shape index (κ3) is 5.98. The zero-order valence-corrected chi connectivity index (χ0v) is 17.8. The minimum Gasteiger partial charge on any atom is -0.379 e. The Morgan fingerprint density at radius 3 is 2.39 bits per heavy atom. The number of likely N-dealkylation sites (tertiary alicyclic amines) is 1. The van der Waals surface area contributed by atoms with Gasteiger partial charge in [-0.25, -0.2) is 13.1 Å². The van der Waals surface area contributed by atoms with Crippen LogP contribution in [0.15, 0.2) is 29.2 Å². The maximum absolute atomic E-state index is 13.0. The summed E-state index contributed by atoms with van der Waals surface area (Å²) in [5.74, 6) is 0. The number of morpholine rings is 1. The molecule has 0 bridgehead atoms. The first kappa shape index (κ1) is 21.7. The van der Waals surface area contributed by atoms with E-state index in [-0.39, 0.29) is 0 Å². The minimum absolute atomic E-state index is 0.310. The van der Waals surface area contributed by atoms with Gasteiger partial charge < -0.3 is 14.4 Å². The minimum atomic E-state index is -3.59. The van der Waals surface area contributed by atoms with Crippen molar-refractivity contribution in [3.05, 3.63) is 29.8 Å². The van der Waals surface area contributed by atoms with Crippen molar-refractivity contribution in [3.8, 4) is 0 Å². The largest absolute Gasteiger partial charge is 0.379 e. The molecule has 2 heterocycles. The monoisotopic (exact) mass is 411 g/mol. The number of hydrogen-bond donors (Lipinski definition) is 1. The lowest BCUT2D eigenvalue weighted by Crippen LogP contribution is -2.57. The molecule has 1 aromatic carbocycles. The van der Waals surface area contributed by atoms with Gasteiger partial charge in [-0.3, -0.25) is 4.90 Å². The lowest BCUT2D eigenvalue weighted by molar-refractivity contribution is 0.00465. The topological polar surface area (TPSA) is 71.1 Å². The van der Waals surface area contributed by atoms with Crippen LogP contribution in [0.25, 0.3) is 0 Å². The van der Waals surface area contributed by atoms with E-state index in [2.05, 4.69) is 21.6 Å². The van der Waals surface area contributed by atoms with Gasteiger partial charge in [0.1, 0.15) is 0 Å². The summed E-state index contributed by atoms with van der Waals surface area (Å²) in [5, 5.41) is 0. The number of rotatable bonds is 8. The van der Waals surface area contributed by atoms with E-state index in [1.807, 2.05) is 19.1 Å². The molecule has 28 heavy (non-hydrogen) atoms. The van der Waals surface area contributed by atoms with Gasteiger partial charge in [-0.15, -0.1) is 0 Å². The Morgan fingerprint density at radius 2 is 1.75 bits per heavy atom. The molecule has 0 amide bonds. The molecule has 2 saturated heterocycles. The second-order valence-electron chi connectivity index (χ2n) is 8.01. The van der Waals surface area contributed by atoms with Gasteiger partial charge in [0.2, 0.25) is 10.0 Å². The Morgan fingerprint density at radius 1 is 1.11 bits per heavy atom. The molecule has 1 N–H and O–H groups in total. The molecule has 0 aliphatic carbocycles. The Labute approximate surface area is 169 Å². The Hall–Kier alpha value is -1.03. The lowest BCUT2D eigenvalue weighted by atomic mass is 9.90. The number of piperidine rings is 1. The highest BCUT2D eigenvalue weighted by Crippen LogP contribution is 2.25. The first-order chi connectivity index (χ1) is 13.4. The highest BCUT2D eigenvalue weighted by Gasteiger charge is 2.38. The molecule has 2 aliphatic rings. The molecule has 0 radical (unpaired) electrons. The van der Waals surface area contributed by atoms with Crippen LogP contribution in [0.5, 0.6) is 0 Å². The van der Waals surface area contributed by atoms with E-state index in [4.69, 9.17) is 9.47 Å². The van der Waals surface area contributed by atoms with Crippen LogP contribution in [0.1, 0.15) is 18.4 Å². The summed E-state index contributed by atoms with van der Waals surface area (Å²) < 4.78 is 40.3. The average molecular weight is 412 g/mol. The maximum Gasteiger partial charge on any atom is 0.241 e. The normalized spacial score (nSPS) is 21.6. The highest BCUT2D eigenvalue weighted by molar-refractivity contribution is 7.89. The van der Waals surface area contributed by atoms with E-state index in [1.165, 1.54) is 0 Å². The zero-order chi connectivity index (χ0) is 20.0. The molecule has 2 fully saturated rings. The molecule has 158 valence electrons. The van der Waals surface area contributed by atoms with E-state index in [0.29, 0.717) is 18.1 Å². The Bertz CT molecular complexity index is 709. The summed E-state index contributed by atoms with van der Waals surface area (Å²) in [6.45, 7) is 8.90. The molecule has 3 rings (SSSR count).